The highest BCUT2D eigenvalue weighted by molar-refractivity contribution is 5.22. The second kappa shape index (κ2) is 4.03. The van der Waals surface area contributed by atoms with Gasteiger partial charge in [0.1, 0.15) is 5.60 Å². The van der Waals surface area contributed by atoms with E-state index in [0.717, 1.165) is 25.7 Å². The molecule has 0 aromatic carbocycles. The molecule has 0 aromatic heterocycles. The molecule has 1 unspecified atom stereocenters. The summed E-state index contributed by atoms with van der Waals surface area (Å²) in [6.07, 6.45) is 10.5. The first kappa shape index (κ1) is 10.2. The molecule has 1 fully saturated rings. The topological polar surface area (TPSA) is 46.2 Å². The van der Waals surface area contributed by atoms with Crippen LogP contribution in [0, 0.1) is 5.92 Å². The second-order valence-corrected chi connectivity index (χ2v) is 4.73. The molecule has 2 nitrogen and oxygen atoms in total. The number of nitrogens with two attached hydrogens (primary N) is 1. The van der Waals surface area contributed by atoms with Crippen LogP contribution in [0.5, 0.6) is 0 Å². The number of allylic oxidation sites excluding steroid dienone is 1. The highest BCUT2D eigenvalue weighted by Crippen LogP contribution is 2.44. The molecule has 1 atom stereocenters. The van der Waals surface area contributed by atoms with Crippen molar-refractivity contribution < 1.29 is 5.11 Å². The van der Waals surface area contributed by atoms with Crippen molar-refractivity contribution in [3.8, 4) is 0 Å². The van der Waals surface area contributed by atoms with Crippen molar-refractivity contribution in [1.29, 1.82) is 0 Å². The van der Waals surface area contributed by atoms with Gasteiger partial charge in [-0.25, -0.2) is 0 Å². The van der Waals surface area contributed by atoms with Crippen molar-refractivity contribution in [2.24, 2.45) is 11.7 Å². The summed E-state index contributed by atoms with van der Waals surface area (Å²) in [5, 5.41) is 10.5. The smallest absolute Gasteiger partial charge is 0.101 e. The molecule has 0 aliphatic heterocycles. The van der Waals surface area contributed by atoms with Crippen LogP contribution in [0.3, 0.4) is 0 Å². The molecule has 0 aromatic rings. The van der Waals surface area contributed by atoms with Gasteiger partial charge in [-0.3, -0.25) is 0 Å². The van der Waals surface area contributed by atoms with Gasteiger partial charge in [0.05, 0.1) is 0 Å². The summed E-state index contributed by atoms with van der Waals surface area (Å²) in [7, 11) is 0. The van der Waals surface area contributed by atoms with E-state index < -0.39 is 5.60 Å². The van der Waals surface area contributed by atoms with Gasteiger partial charge >= 0.3 is 0 Å². The zero-order chi connectivity index (χ0) is 10.0. The van der Waals surface area contributed by atoms with Gasteiger partial charge in [0.15, 0.2) is 0 Å². The molecule has 2 heteroatoms. The predicted octanol–water partition coefficient (Wildman–Crippen LogP) is 1.98. The van der Waals surface area contributed by atoms with Gasteiger partial charge in [0, 0.05) is 6.54 Å². The second-order valence-electron chi connectivity index (χ2n) is 4.73. The lowest BCUT2D eigenvalue weighted by molar-refractivity contribution is 0.0601. The maximum Gasteiger partial charge on any atom is 0.101 e. The first-order valence-electron chi connectivity index (χ1n) is 5.89. The molecule has 80 valence electrons. The van der Waals surface area contributed by atoms with E-state index in [2.05, 4.69) is 6.08 Å². The van der Waals surface area contributed by atoms with Crippen molar-refractivity contribution in [3.63, 3.8) is 0 Å². The van der Waals surface area contributed by atoms with Crippen molar-refractivity contribution in [1.82, 2.24) is 0 Å². The highest BCUT2D eigenvalue weighted by Gasteiger charge is 2.44. The zero-order valence-corrected chi connectivity index (χ0v) is 8.84. The molecule has 1 saturated carbocycles. The molecule has 0 amide bonds. The number of aliphatic hydroxyl groups is 1. The molecule has 0 radical (unpaired) electrons. The third-order valence-electron chi connectivity index (χ3n) is 3.66. The van der Waals surface area contributed by atoms with Crippen LogP contribution in [-0.4, -0.2) is 17.3 Å². The molecule has 2 aliphatic rings. The Morgan fingerprint density at radius 3 is 2.79 bits per heavy atom. The third-order valence-corrected chi connectivity index (χ3v) is 3.66. The van der Waals surface area contributed by atoms with Crippen molar-refractivity contribution in [2.75, 3.05) is 6.54 Å². The lowest BCUT2D eigenvalue weighted by atomic mass is 9.85. The van der Waals surface area contributed by atoms with Gasteiger partial charge < -0.3 is 10.8 Å². The molecule has 2 rings (SSSR count). The monoisotopic (exact) mass is 195 g/mol. The maximum absolute atomic E-state index is 10.5. The Morgan fingerprint density at radius 2 is 2.14 bits per heavy atom. The van der Waals surface area contributed by atoms with Crippen LogP contribution in [-0.2, 0) is 0 Å². The summed E-state index contributed by atoms with van der Waals surface area (Å²) in [5.41, 5.74) is 6.33. The average Bonchev–Trinajstić information content (AvgIpc) is 3.03. The Kier molecular flexibility index (Phi) is 2.93. The normalized spacial score (nSPS) is 27.7. The van der Waals surface area contributed by atoms with Crippen molar-refractivity contribution in [3.05, 3.63) is 11.6 Å². The molecule has 3 N–H and O–H groups in total. The molecule has 0 heterocycles. The van der Waals surface area contributed by atoms with Gasteiger partial charge in [-0.15, -0.1) is 0 Å². The first-order chi connectivity index (χ1) is 6.77. The minimum atomic E-state index is -0.648. The van der Waals surface area contributed by atoms with Gasteiger partial charge in [-0.1, -0.05) is 12.5 Å². The predicted molar refractivity (Wildman–Crippen MR) is 57.9 cm³/mol. The summed E-state index contributed by atoms with van der Waals surface area (Å²) in [6, 6.07) is 0. The van der Waals surface area contributed by atoms with Gasteiger partial charge in [0.2, 0.25) is 0 Å². The fourth-order valence-electron chi connectivity index (χ4n) is 2.53. The quantitative estimate of drug-likeness (QED) is 0.676. The van der Waals surface area contributed by atoms with E-state index in [1.54, 1.807) is 0 Å². The fourth-order valence-corrected chi connectivity index (χ4v) is 2.53. The molecule has 14 heavy (non-hydrogen) atoms. The highest BCUT2D eigenvalue weighted by atomic mass is 16.3. The van der Waals surface area contributed by atoms with Gasteiger partial charge in [-0.2, -0.15) is 0 Å². The van der Waals surface area contributed by atoms with E-state index in [-0.39, 0.29) is 0 Å². The van der Waals surface area contributed by atoms with E-state index >= 15 is 0 Å². The van der Waals surface area contributed by atoms with E-state index in [9.17, 15) is 5.11 Å². The SMILES string of the molecule is NCC(O)(C1=CCCCCC1)C1CC1. The largest absolute Gasteiger partial charge is 0.384 e. The average molecular weight is 195 g/mol. The molecule has 0 spiro atoms. The van der Waals surface area contributed by atoms with Crippen LogP contribution < -0.4 is 5.73 Å². The van der Waals surface area contributed by atoms with E-state index in [4.69, 9.17) is 5.73 Å². The van der Waals surface area contributed by atoms with Crippen molar-refractivity contribution >= 4 is 0 Å². The number of rotatable bonds is 3. The van der Waals surface area contributed by atoms with Crippen LogP contribution in [0.2, 0.25) is 0 Å². The zero-order valence-electron chi connectivity index (χ0n) is 8.84. The Bertz CT molecular complexity index is 232. The van der Waals surface area contributed by atoms with E-state index in [0.29, 0.717) is 12.5 Å². The Morgan fingerprint density at radius 1 is 1.36 bits per heavy atom. The van der Waals surface area contributed by atoms with Crippen LogP contribution in [0.15, 0.2) is 11.6 Å². The van der Waals surface area contributed by atoms with Crippen LogP contribution in [0.25, 0.3) is 0 Å². The standard InChI is InChI=1S/C12H21NO/c13-9-12(14,11-7-8-11)10-5-3-1-2-4-6-10/h5,11,14H,1-4,6-9,13H2. The molecule has 2 aliphatic carbocycles. The third kappa shape index (κ3) is 1.86. The minimum Gasteiger partial charge on any atom is -0.384 e. The van der Waals surface area contributed by atoms with Crippen LogP contribution in [0.1, 0.15) is 44.9 Å². The number of hydrogen-bond donors (Lipinski definition) is 2. The van der Waals surface area contributed by atoms with Gasteiger partial charge in [0.25, 0.3) is 0 Å². The lowest BCUT2D eigenvalue weighted by Gasteiger charge is -2.29. The summed E-state index contributed by atoms with van der Waals surface area (Å²) in [6.45, 7) is 0.406. The maximum atomic E-state index is 10.5. The van der Waals surface area contributed by atoms with Gasteiger partial charge in [-0.05, 0) is 50.0 Å². The summed E-state index contributed by atoms with van der Waals surface area (Å²) < 4.78 is 0. The summed E-state index contributed by atoms with van der Waals surface area (Å²) in [5.74, 6) is 0.455. The lowest BCUT2D eigenvalue weighted by Crippen LogP contribution is -2.42. The van der Waals surface area contributed by atoms with Crippen LogP contribution >= 0.6 is 0 Å². The summed E-state index contributed by atoms with van der Waals surface area (Å²) in [4.78, 5) is 0. The Hall–Kier alpha value is -0.340. The Balaban J connectivity index is 2.12. The molecular weight excluding hydrogens is 174 g/mol. The van der Waals surface area contributed by atoms with E-state index in [1.165, 1.54) is 24.8 Å². The fraction of sp³-hybridized carbons (Fsp3) is 0.833. The summed E-state index contributed by atoms with van der Waals surface area (Å²) >= 11 is 0. The first-order valence-corrected chi connectivity index (χ1v) is 5.89. The van der Waals surface area contributed by atoms with Crippen molar-refractivity contribution in [2.45, 2.75) is 50.5 Å². The Labute approximate surface area is 86.2 Å². The number of hydrogen-bond acceptors (Lipinski definition) is 2. The van der Waals surface area contributed by atoms with Crippen LogP contribution in [0.4, 0.5) is 0 Å². The van der Waals surface area contributed by atoms with E-state index in [1.807, 2.05) is 0 Å². The molecular formula is C12H21NO. The molecule has 0 bridgehead atoms. The minimum absolute atomic E-state index is 0.406. The molecule has 0 saturated heterocycles.